The molecule has 0 aliphatic heterocycles. The van der Waals surface area contributed by atoms with Gasteiger partial charge in [0.15, 0.2) is 0 Å². The van der Waals surface area contributed by atoms with E-state index in [2.05, 4.69) is 0 Å². The maximum absolute atomic E-state index is 11.1. The van der Waals surface area contributed by atoms with Crippen molar-refractivity contribution < 1.29 is 14.7 Å². The SMILES string of the molecule is CCCCC(C)([C]=O)CC(C)(CC)C(=O)[O-]. The normalized spacial score (nSPS) is 18.5. The largest absolute Gasteiger partial charge is 0.550 e. The number of carbonyl (C=O) groups excluding carboxylic acids is 2. The molecule has 0 rings (SSSR count). The Balaban J connectivity index is 4.73. The van der Waals surface area contributed by atoms with Gasteiger partial charge in [-0.3, -0.25) is 4.79 Å². The molecule has 0 aliphatic rings. The van der Waals surface area contributed by atoms with E-state index in [4.69, 9.17) is 0 Å². The van der Waals surface area contributed by atoms with Gasteiger partial charge in [0.1, 0.15) is 0 Å². The minimum atomic E-state index is -1.08. The van der Waals surface area contributed by atoms with Crippen LogP contribution in [0.5, 0.6) is 0 Å². The molecule has 0 amide bonds. The first-order valence-electron chi connectivity index (χ1n) is 5.94. The van der Waals surface area contributed by atoms with E-state index in [0.29, 0.717) is 19.3 Å². The van der Waals surface area contributed by atoms with Gasteiger partial charge >= 0.3 is 0 Å². The Morgan fingerprint density at radius 3 is 2.19 bits per heavy atom. The van der Waals surface area contributed by atoms with E-state index in [1.54, 1.807) is 20.8 Å². The van der Waals surface area contributed by atoms with Crippen LogP contribution in [-0.2, 0) is 9.59 Å². The molecule has 16 heavy (non-hydrogen) atoms. The molecule has 3 nitrogen and oxygen atoms in total. The van der Waals surface area contributed by atoms with E-state index in [1.807, 2.05) is 13.2 Å². The number of rotatable bonds is 8. The number of carboxylic acids is 1. The second kappa shape index (κ2) is 6.02. The van der Waals surface area contributed by atoms with Crippen molar-refractivity contribution in [2.75, 3.05) is 0 Å². The van der Waals surface area contributed by atoms with Gasteiger partial charge in [-0.25, -0.2) is 0 Å². The van der Waals surface area contributed by atoms with Crippen LogP contribution >= 0.6 is 0 Å². The van der Waals surface area contributed by atoms with Crippen molar-refractivity contribution in [3.63, 3.8) is 0 Å². The third kappa shape index (κ3) is 3.95. The highest BCUT2D eigenvalue weighted by molar-refractivity contribution is 5.73. The van der Waals surface area contributed by atoms with Crippen molar-refractivity contribution in [2.45, 2.75) is 59.8 Å². The lowest BCUT2D eigenvalue weighted by Crippen LogP contribution is -2.43. The molecule has 0 saturated heterocycles. The fraction of sp³-hybridized carbons (Fsp3) is 0.846. The standard InChI is InChI=1S/C13H23O3/c1-5-7-8-12(3,10-14)9-13(4,6-2)11(15)16/h5-9H2,1-4H3,(H,15,16)/p-1. The van der Waals surface area contributed by atoms with Crippen LogP contribution in [0.25, 0.3) is 0 Å². The number of hydrogen-bond acceptors (Lipinski definition) is 3. The molecular formula is C13H22O3-. The zero-order valence-electron chi connectivity index (χ0n) is 10.8. The number of aliphatic carboxylic acids is 1. The second-order valence-corrected chi connectivity index (χ2v) is 5.14. The first-order chi connectivity index (χ1) is 7.33. The van der Waals surface area contributed by atoms with E-state index < -0.39 is 16.8 Å². The maximum atomic E-state index is 11.1. The molecule has 93 valence electrons. The van der Waals surface area contributed by atoms with E-state index in [1.165, 1.54) is 0 Å². The van der Waals surface area contributed by atoms with Crippen molar-refractivity contribution >= 4 is 12.3 Å². The van der Waals surface area contributed by atoms with Gasteiger partial charge in [-0.15, -0.1) is 0 Å². The topological polar surface area (TPSA) is 57.2 Å². The average Bonchev–Trinajstić information content (AvgIpc) is 2.26. The molecule has 2 unspecified atom stereocenters. The first-order valence-corrected chi connectivity index (χ1v) is 5.94. The van der Waals surface area contributed by atoms with Crippen LogP contribution in [0, 0.1) is 10.8 Å². The molecule has 3 heteroatoms. The Morgan fingerprint density at radius 1 is 1.31 bits per heavy atom. The summed E-state index contributed by atoms with van der Waals surface area (Å²) in [6.07, 6.45) is 5.39. The lowest BCUT2D eigenvalue weighted by atomic mass is 9.70. The van der Waals surface area contributed by atoms with Crippen LogP contribution in [-0.4, -0.2) is 12.3 Å². The van der Waals surface area contributed by atoms with Crippen molar-refractivity contribution in [1.82, 2.24) is 0 Å². The molecule has 1 radical (unpaired) electrons. The van der Waals surface area contributed by atoms with Gasteiger partial charge in [0.25, 0.3) is 0 Å². The highest BCUT2D eigenvalue weighted by atomic mass is 16.4. The summed E-state index contributed by atoms with van der Waals surface area (Å²) >= 11 is 0. The van der Waals surface area contributed by atoms with Gasteiger partial charge in [-0.1, -0.05) is 40.5 Å². The van der Waals surface area contributed by atoms with Crippen LogP contribution in [0.15, 0.2) is 0 Å². The molecule has 0 aromatic heterocycles. The Morgan fingerprint density at radius 2 is 1.88 bits per heavy atom. The van der Waals surface area contributed by atoms with Gasteiger partial charge in [-0.05, 0) is 19.3 Å². The van der Waals surface area contributed by atoms with Crippen molar-refractivity contribution in [1.29, 1.82) is 0 Å². The lowest BCUT2D eigenvalue weighted by Gasteiger charge is -2.36. The van der Waals surface area contributed by atoms with Crippen LogP contribution in [0.2, 0.25) is 0 Å². The molecule has 0 spiro atoms. The number of unbranched alkanes of at least 4 members (excludes halogenated alkanes) is 1. The fourth-order valence-electron chi connectivity index (χ4n) is 1.95. The van der Waals surface area contributed by atoms with Crippen LogP contribution in [0.1, 0.15) is 59.8 Å². The Kier molecular flexibility index (Phi) is 5.70. The highest BCUT2D eigenvalue weighted by Gasteiger charge is 2.35. The molecule has 0 aromatic carbocycles. The smallest absolute Gasteiger partial charge is 0.204 e. The first kappa shape index (κ1) is 15.1. The summed E-state index contributed by atoms with van der Waals surface area (Å²) in [6, 6.07) is 0. The number of carbonyl (C=O) groups is 1. The molecule has 0 bridgehead atoms. The molecule has 0 N–H and O–H groups in total. The molecule has 0 aliphatic carbocycles. The van der Waals surface area contributed by atoms with Crippen LogP contribution in [0.3, 0.4) is 0 Å². The predicted octanol–water partition coefficient (Wildman–Crippen LogP) is 1.85. The van der Waals surface area contributed by atoms with Gasteiger partial charge in [0.2, 0.25) is 6.29 Å². The van der Waals surface area contributed by atoms with Gasteiger partial charge < -0.3 is 9.90 Å². The van der Waals surface area contributed by atoms with Crippen LogP contribution < -0.4 is 5.11 Å². The second-order valence-electron chi connectivity index (χ2n) is 5.14. The summed E-state index contributed by atoms with van der Waals surface area (Å²) < 4.78 is 0. The minimum absolute atomic E-state index is 0.308. The van der Waals surface area contributed by atoms with Gasteiger partial charge in [0.05, 0.1) is 0 Å². The third-order valence-corrected chi connectivity index (χ3v) is 3.38. The van der Waals surface area contributed by atoms with E-state index in [0.717, 1.165) is 12.8 Å². The summed E-state index contributed by atoms with van der Waals surface area (Å²) in [6.45, 7) is 7.28. The minimum Gasteiger partial charge on any atom is -0.550 e. The quantitative estimate of drug-likeness (QED) is 0.634. The molecule has 0 aromatic rings. The zero-order valence-corrected chi connectivity index (χ0v) is 10.8. The summed E-state index contributed by atoms with van der Waals surface area (Å²) in [4.78, 5) is 22.1. The lowest BCUT2D eigenvalue weighted by molar-refractivity contribution is -0.319. The fourth-order valence-corrected chi connectivity index (χ4v) is 1.95. The summed E-state index contributed by atoms with van der Waals surface area (Å²) in [5.74, 6) is -1.08. The van der Waals surface area contributed by atoms with Gasteiger partial charge in [0, 0.05) is 16.8 Å². The van der Waals surface area contributed by atoms with Crippen molar-refractivity contribution in [3.8, 4) is 0 Å². The molecule has 0 saturated carbocycles. The summed E-state index contributed by atoms with van der Waals surface area (Å²) in [7, 11) is 0. The summed E-state index contributed by atoms with van der Waals surface area (Å²) in [5.41, 5.74) is -1.60. The highest BCUT2D eigenvalue weighted by Crippen LogP contribution is 2.38. The predicted molar refractivity (Wildman–Crippen MR) is 61.3 cm³/mol. The van der Waals surface area contributed by atoms with Gasteiger partial charge in [-0.2, -0.15) is 0 Å². The summed E-state index contributed by atoms with van der Waals surface area (Å²) in [5, 5.41) is 11.1. The molecule has 2 atom stereocenters. The zero-order chi connectivity index (χ0) is 12.8. The maximum Gasteiger partial charge on any atom is 0.204 e. The Labute approximate surface area is 98.2 Å². The molecule has 0 heterocycles. The Hall–Kier alpha value is -0.860. The monoisotopic (exact) mass is 226 g/mol. The van der Waals surface area contributed by atoms with E-state index >= 15 is 0 Å². The van der Waals surface area contributed by atoms with E-state index in [9.17, 15) is 14.7 Å². The number of hydrogen-bond donors (Lipinski definition) is 0. The molecule has 0 fully saturated rings. The molecular weight excluding hydrogens is 204 g/mol. The average molecular weight is 226 g/mol. The van der Waals surface area contributed by atoms with Crippen LogP contribution in [0.4, 0.5) is 0 Å². The third-order valence-electron chi connectivity index (χ3n) is 3.38. The van der Waals surface area contributed by atoms with Crippen molar-refractivity contribution in [3.05, 3.63) is 0 Å². The number of carboxylic acid groups (broad SMARTS) is 1. The van der Waals surface area contributed by atoms with Crippen molar-refractivity contribution in [2.24, 2.45) is 10.8 Å². The Bertz CT molecular complexity index is 250. The van der Waals surface area contributed by atoms with E-state index in [-0.39, 0.29) is 0 Å².